The van der Waals surface area contributed by atoms with Crippen molar-refractivity contribution in [3.63, 3.8) is 0 Å². The van der Waals surface area contributed by atoms with Crippen LogP contribution in [0.4, 0.5) is 4.39 Å². The summed E-state index contributed by atoms with van der Waals surface area (Å²) >= 11 is 0. The summed E-state index contributed by atoms with van der Waals surface area (Å²) in [6.07, 6.45) is 3.04. The highest BCUT2D eigenvalue weighted by Crippen LogP contribution is 1.95. The molecular formula is C9H20FN. The first kappa shape index (κ1) is 10.9. The van der Waals surface area contributed by atoms with Crippen molar-refractivity contribution in [1.82, 2.24) is 4.90 Å². The molecule has 0 atom stereocenters. The molecule has 11 heavy (non-hydrogen) atoms. The molecule has 1 nitrogen and oxygen atoms in total. The molecule has 0 N–H and O–H groups in total. The number of alkyl halides is 1. The molecule has 0 aromatic carbocycles. The smallest absolute Gasteiger partial charge is 0.0906 e. The predicted octanol–water partition coefficient (Wildman–Crippen LogP) is 2.47. The number of halogens is 1. The minimum absolute atomic E-state index is 0.177. The maximum Gasteiger partial charge on any atom is 0.0906 e. The Morgan fingerprint density at radius 2 is 1.55 bits per heavy atom. The molecular weight excluding hydrogens is 141 g/mol. The first-order chi connectivity index (χ1) is 5.35. The predicted molar refractivity (Wildman–Crippen MR) is 47.6 cm³/mol. The van der Waals surface area contributed by atoms with Crippen LogP contribution in [0.15, 0.2) is 0 Å². The normalized spacial score (nSPS) is 10.9. The Hall–Kier alpha value is -0.110. The molecule has 0 fully saturated rings. The third-order valence-electron chi connectivity index (χ3n) is 1.69. The summed E-state index contributed by atoms with van der Waals surface area (Å²) in [4.78, 5) is 2.33. The van der Waals surface area contributed by atoms with Gasteiger partial charge in [0.25, 0.3) is 0 Å². The van der Waals surface area contributed by atoms with Crippen LogP contribution < -0.4 is 0 Å². The zero-order valence-corrected chi connectivity index (χ0v) is 7.77. The molecule has 0 saturated heterocycles. The fourth-order valence-electron chi connectivity index (χ4n) is 1.25. The second-order valence-electron chi connectivity index (χ2n) is 2.88. The fraction of sp³-hybridized carbons (Fsp3) is 1.00. The summed E-state index contributed by atoms with van der Waals surface area (Å²) < 4.78 is 11.8. The second kappa shape index (κ2) is 7.99. The maximum atomic E-state index is 11.8. The zero-order valence-electron chi connectivity index (χ0n) is 7.77. The van der Waals surface area contributed by atoms with Gasteiger partial charge in [0.1, 0.15) is 0 Å². The number of hydrogen-bond acceptors (Lipinski definition) is 1. The summed E-state index contributed by atoms with van der Waals surface area (Å²) in [5.41, 5.74) is 0. The Kier molecular flexibility index (Phi) is 7.91. The van der Waals surface area contributed by atoms with E-state index in [9.17, 15) is 4.39 Å². The Morgan fingerprint density at radius 3 is 1.91 bits per heavy atom. The molecule has 0 heterocycles. The van der Waals surface area contributed by atoms with E-state index in [0.29, 0.717) is 6.42 Å². The van der Waals surface area contributed by atoms with Gasteiger partial charge in [-0.1, -0.05) is 13.8 Å². The molecule has 0 amide bonds. The van der Waals surface area contributed by atoms with Gasteiger partial charge < -0.3 is 4.90 Å². The van der Waals surface area contributed by atoms with Crippen LogP contribution >= 0.6 is 0 Å². The van der Waals surface area contributed by atoms with Crippen LogP contribution in [0.25, 0.3) is 0 Å². The van der Waals surface area contributed by atoms with Crippen molar-refractivity contribution in [1.29, 1.82) is 0 Å². The number of nitrogens with zero attached hydrogens (tertiary/aromatic N) is 1. The maximum absolute atomic E-state index is 11.8. The lowest BCUT2D eigenvalue weighted by molar-refractivity contribution is 0.259. The Balaban J connectivity index is 3.34. The Labute approximate surface area is 69.6 Å². The van der Waals surface area contributed by atoms with Crippen molar-refractivity contribution in [2.24, 2.45) is 0 Å². The van der Waals surface area contributed by atoms with Crippen LogP contribution in [0.3, 0.4) is 0 Å². The van der Waals surface area contributed by atoms with Gasteiger partial charge in [0.05, 0.1) is 6.67 Å². The summed E-state index contributed by atoms with van der Waals surface area (Å²) in [6.45, 7) is 7.32. The molecule has 0 unspecified atom stereocenters. The summed E-state index contributed by atoms with van der Waals surface area (Å²) in [7, 11) is 0. The van der Waals surface area contributed by atoms with Gasteiger partial charge in [-0.25, -0.2) is 0 Å². The second-order valence-corrected chi connectivity index (χ2v) is 2.88. The van der Waals surface area contributed by atoms with E-state index in [1.54, 1.807) is 0 Å². The van der Waals surface area contributed by atoms with E-state index >= 15 is 0 Å². The van der Waals surface area contributed by atoms with E-state index in [4.69, 9.17) is 0 Å². The lowest BCUT2D eigenvalue weighted by atomic mass is 10.3. The van der Waals surface area contributed by atoms with Gasteiger partial charge in [-0.3, -0.25) is 4.39 Å². The van der Waals surface area contributed by atoms with Crippen molar-refractivity contribution in [2.45, 2.75) is 33.1 Å². The summed E-state index contributed by atoms with van der Waals surface area (Å²) in [5, 5.41) is 0. The standard InChI is InChI=1S/C9H20FN/c1-3-7-11(8-4-2)9-5-6-10/h3-9H2,1-2H3. The van der Waals surface area contributed by atoms with Crippen LogP contribution in [-0.4, -0.2) is 31.2 Å². The summed E-state index contributed by atoms with van der Waals surface area (Å²) in [5.74, 6) is 0. The van der Waals surface area contributed by atoms with E-state index in [-0.39, 0.29) is 6.67 Å². The van der Waals surface area contributed by atoms with Crippen LogP contribution in [0.5, 0.6) is 0 Å². The highest BCUT2D eigenvalue weighted by molar-refractivity contribution is 4.55. The van der Waals surface area contributed by atoms with Crippen LogP contribution in [0, 0.1) is 0 Å². The highest BCUT2D eigenvalue weighted by atomic mass is 19.1. The average molecular weight is 161 g/mol. The minimum Gasteiger partial charge on any atom is -0.303 e. The van der Waals surface area contributed by atoms with Gasteiger partial charge in [-0.05, 0) is 32.4 Å². The minimum atomic E-state index is -0.177. The van der Waals surface area contributed by atoms with Crippen molar-refractivity contribution in [3.05, 3.63) is 0 Å². The summed E-state index contributed by atoms with van der Waals surface area (Å²) in [6, 6.07) is 0. The number of rotatable bonds is 7. The monoisotopic (exact) mass is 161 g/mol. The quantitative estimate of drug-likeness (QED) is 0.554. The molecule has 0 rings (SSSR count). The van der Waals surface area contributed by atoms with Crippen LogP contribution in [0.1, 0.15) is 33.1 Å². The van der Waals surface area contributed by atoms with Crippen molar-refractivity contribution < 1.29 is 4.39 Å². The first-order valence-corrected chi connectivity index (χ1v) is 4.63. The van der Waals surface area contributed by atoms with Gasteiger partial charge >= 0.3 is 0 Å². The molecule has 0 radical (unpaired) electrons. The molecule has 0 aliphatic rings. The molecule has 0 saturated carbocycles. The number of hydrogen-bond donors (Lipinski definition) is 0. The molecule has 0 aliphatic heterocycles. The van der Waals surface area contributed by atoms with Gasteiger partial charge in [-0.15, -0.1) is 0 Å². The van der Waals surface area contributed by atoms with Crippen LogP contribution in [-0.2, 0) is 0 Å². The Morgan fingerprint density at radius 1 is 1.00 bits per heavy atom. The van der Waals surface area contributed by atoms with Crippen molar-refractivity contribution >= 4 is 0 Å². The molecule has 68 valence electrons. The van der Waals surface area contributed by atoms with E-state index in [1.807, 2.05) is 0 Å². The Bertz CT molecular complexity index is 70.0. The molecule has 2 heteroatoms. The zero-order chi connectivity index (χ0) is 8.53. The molecule has 0 bridgehead atoms. The van der Waals surface area contributed by atoms with E-state index in [0.717, 1.165) is 19.6 Å². The van der Waals surface area contributed by atoms with Gasteiger partial charge in [0, 0.05) is 6.54 Å². The van der Waals surface area contributed by atoms with E-state index in [1.165, 1.54) is 12.8 Å². The topological polar surface area (TPSA) is 3.24 Å². The van der Waals surface area contributed by atoms with Crippen LogP contribution in [0.2, 0.25) is 0 Å². The lowest BCUT2D eigenvalue weighted by Crippen LogP contribution is -2.26. The third kappa shape index (κ3) is 6.29. The molecule has 0 aromatic heterocycles. The van der Waals surface area contributed by atoms with Gasteiger partial charge in [0.15, 0.2) is 0 Å². The highest BCUT2D eigenvalue weighted by Gasteiger charge is 2.00. The van der Waals surface area contributed by atoms with Crippen molar-refractivity contribution in [3.8, 4) is 0 Å². The molecule has 0 aliphatic carbocycles. The fourth-order valence-corrected chi connectivity index (χ4v) is 1.25. The van der Waals surface area contributed by atoms with Gasteiger partial charge in [0.2, 0.25) is 0 Å². The van der Waals surface area contributed by atoms with E-state index in [2.05, 4.69) is 18.7 Å². The van der Waals surface area contributed by atoms with Crippen molar-refractivity contribution in [2.75, 3.05) is 26.3 Å². The lowest BCUT2D eigenvalue weighted by Gasteiger charge is -2.19. The van der Waals surface area contributed by atoms with E-state index < -0.39 is 0 Å². The first-order valence-electron chi connectivity index (χ1n) is 4.63. The SMILES string of the molecule is CCCN(CCC)CCCF. The molecule has 0 spiro atoms. The molecule has 0 aromatic rings. The third-order valence-corrected chi connectivity index (χ3v) is 1.69. The average Bonchev–Trinajstić information content (AvgIpc) is 2.01. The van der Waals surface area contributed by atoms with Gasteiger partial charge in [-0.2, -0.15) is 0 Å². The largest absolute Gasteiger partial charge is 0.303 e.